The van der Waals surface area contributed by atoms with Gasteiger partial charge in [0, 0.05) is 17.0 Å². The van der Waals surface area contributed by atoms with Crippen LogP contribution in [0.2, 0.25) is 0 Å². The molecule has 0 saturated carbocycles. The van der Waals surface area contributed by atoms with Crippen LogP contribution in [0.25, 0.3) is 11.1 Å². The molecule has 0 spiro atoms. The van der Waals surface area contributed by atoms with Crippen LogP contribution in [-0.2, 0) is 0 Å². The first-order chi connectivity index (χ1) is 11.6. The Morgan fingerprint density at radius 3 is 2.08 bits per heavy atom. The van der Waals surface area contributed by atoms with Crippen LogP contribution >= 0.6 is 11.8 Å². The van der Waals surface area contributed by atoms with E-state index >= 15 is 0 Å². The molecule has 3 rings (SSSR count). The van der Waals surface area contributed by atoms with Crippen LogP contribution in [0.1, 0.15) is 21.7 Å². The van der Waals surface area contributed by atoms with E-state index in [1.807, 2.05) is 62.4 Å². The molecule has 0 amide bonds. The van der Waals surface area contributed by atoms with Gasteiger partial charge in [0.25, 0.3) is 0 Å². The highest BCUT2D eigenvalue weighted by atomic mass is 32.2. The maximum absolute atomic E-state index is 12.4. The summed E-state index contributed by atoms with van der Waals surface area (Å²) in [4.78, 5) is 21.1. The summed E-state index contributed by atoms with van der Waals surface area (Å²) >= 11 is 1.38. The highest BCUT2D eigenvalue weighted by Gasteiger charge is 2.09. The molecule has 2 aromatic carbocycles. The number of carbonyl (C=O) groups excluding carboxylic acids is 1. The Morgan fingerprint density at radius 1 is 0.875 bits per heavy atom. The fourth-order valence-electron chi connectivity index (χ4n) is 2.45. The monoisotopic (exact) mass is 334 g/mol. The number of ketones is 1. The number of aromatic nitrogens is 2. The van der Waals surface area contributed by atoms with Gasteiger partial charge in [-0.3, -0.25) is 4.79 Å². The molecule has 4 heteroatoms. The Balaban J connectivity index is 1.67. The fourth-order valence-corrected chi connectivity index (χ4v) is 3.29. The van der Waals surface area contributed by atoms with E-state index in [4.69, 9.17) is 0 Å². The number of carbonyl (C=O) groups is 1. The van der Waals surface area contributed by atoms with Crippen molar-refractivity contribution in [3.8, 4) is 11.1 Å². The molecule has 24 heavy (non-hydrogen) atoms. The van der Waals surface area contributed by atoms with Crippen molar-refractivity contribution in [3.05, 3.63) is 77.6 Å². The second kappa shape index (κ2) is 7.41. The van der Waals surface area contributed by atoms with Crippen LogP contribution in [0.4, 0.5) is 0 Å². The van der Waals surface area contributed by atoms with Crippen molar-refractivity contribution in [3.63, 3.8) is 0 Å². The third-order valence-corrected chi connectivity index (χ3v) is 4.46. The largest absolute Gasteiger partial charge is 0.293 e. The first kappa shape index (κ1) is 16.4. The molecule has 0 bridgehead atoms. The Hall–Kier alpha value is -2.46. The minimum atomic E-state index is 0.0855. The lowest BCUT2D eigenvalue weighted by atomic mass is 10.0. The zero-order chi connectivity index (χ0) is 16.9. The molecule has 3 aromatic rings. The quantitative estimate of drug-likeness (QED) is 0.384. The normalized spacial score (nSPS) is 10.6. The van der Waals surface area contributed by atoms with Crippen molar-refractivity contribution in [2.75, 3.05) is 5.75 Å². The average molecular weight is 334 g/mol. The molecule has 0 unspecified atom stereocenters. The minimum absolute atomic E-state index is 0.0855. The smallest absolute Gasteiger partial charge is 0.188 e. The predicted octanol–water partition coefficient (Wildman–Crippen LogP) is 4.74. The van der Waals surface area contributed by atoms with Crippen LogP contribution in [0.15, 0.2) is 65.8 Å². The molecule has 0 atom stereocenters. The average Bonchev–Trinajstić information content (AvgIpc) is 2.60. The number of aryl methyl sites for hydroxylation is 2. The second-order valence-corrected chi connectivity index (χ2v) is 6.53. The van der Waals surface area contributed by atoms with Crippen molar-refractivity contribution >= 4 is 17.5 Å². The van der Waals surface area contributed by atoms with E-state index in [0.717, 1.165) is 22.5 Å². The van der Waals surface area contributed by atoms with Gasteiger partial charge in [-0.1, -0.05) is 66.4 Å². The van der Waals surface area contributed by atoms with Gasteiger partial charge in [-0.25, -0.2) is 9.97 Å². The summed E-state index contributed by atoms with van der Waals surface area (Å²) in [6, 6.07) is 19.8. The predicted molar refractivity (Wildman–Crippen MR) is 98.4 cm³/mol. The number of Topliss-reactive ketones (excluding diaryl/α,β-unsaturated/α-hetero) is 1. The highest BCUT2D eigenvalue weighted by molar-refractivity contribution is 7.99. The van der Waals surface area contributed by atoms with E-state index < -0.39 is 0 Å². The van der Waals surface area contributed by atoms with E-state index in [9.17, 15) is 4.79 Å². The number of hydrogen-bond donors (Lipinski definition) is 0. The molecule has 1 heterocycles. The molecule has 0 fully saturated rings. The van der Waals surface area contributed by atoms with E-state index in [1.54, 1.807) is 0 Å². The molecule has 120 valence electrons. The summed E-state index contributed by atoms with van der Waals surface area (Å²) in [7, 11) is 0. The molecule has 1 aromatic heterocycles. The Labute approximate surface area is 146 Å². The molecular weight excluding hydrogens is 316 g/mol. The van der Waals surface area contributed by atoms with Crippen molar-refractivity contribution in [2.45, 2.75) is 19.0 Å². The van der Waals surface area contributed by atoms with Gasteiger partial charge in [0.1, 0.15) is 0 Å². The number of nitrogens with zero attached hydrogens (tertiary/aromatic N) is 2. The van der Waals surface area contributed by atoms with Crippen molar-refractivity contribution in [1.82, 2.24) is 9.97 Å². The summed E-state index contributed by atoms with van der Waals surface area (Å²) in [5, 5.41) is 0.654. The van der Waals surface area contributed by atoms with Crippen LogP contribution in [0.5, 0.6) is 0 Å². The van der Waals surface area contributed by atoms with Crippen molar-refractivity contribution in [1.29, 1.82) is 0 Å². The maximum Gasteiger partial charge on any atom is 0.188 e. The fraction of sp³-hybridized carbons (Fsp3) is 0.150. The van der Waals surface area contributed by atoms with Crippen LogP contribution in [-0.4, -0.2) is 21.5 Å². The maximum atomic E-state index is 12.4. The van der Waals surface area contributed by atoms with Gasteiger partial charge < -0.3 is 0 Å². The Morgan fingerprint density at radius 2 is 1.46 bits per heavy atom. The van der Waals surface area contributed by atoms with E-state index in [2.05, 4.69) is 22.1 Å². The number of thioether (sulfide) groups is 1. The Bertz CT molecular complexity index is 825. The molecule has 0 aliphatic rings. The summed E-state index contributed by atoms with van der Waals surface area (Å²) in [6.45, 7) is 3.87. The third kappa shape index (κ3) is 4.09. The van der Waals surface area contributed by atoms with Crippen molar-refractivity contribution in [2.24, 2.45) is 0 Å². The highest BCUT2D eigenvalue weighted by Crippen LogP contribution is 2.21. The van der Waals surface area contributed by atoms with Crippen LogP contribution in [0.3, 0.4) is 0 Å². The van der Waals surface area contributed by atoms with Gasteiger partial charge in [0.2, 0.25) is 0 Å². The summed E-state index contributed by atoms with van der Waals surface area (Å²) in [5.41, 5.74) is 4.81. The first-order valence-electron chi connectivity index (χ1n) is 7.75. The molecule has 0 aliphatic carbocycles. The number of benzene rings is 2. The van der Waals surface area contributed by atoms with Gasteiger partial charge in [0.15, 0.2) is 10.9 Å². The second-order valence-electron chi connectivity index (χ2n) is 5.59. The first-order valence-corrected chi connectivity index (χ1v) is 8.74. The molecule has 0 aliphatic heterocycles. The zero-order valence-corrected chi connectivity index (χ0v) is 14.5. The van der Waals surface area contributed by atoms with Gasteiger partial charge in [-0.15, -0.1) is 0 Å². The van der Waals surface area contributed by atoms with Gasteiger partial charge in [-0.05, 0) is 31.0 Å². The lowest BCUT2D eigenvalue weighted by Crippen LogP contribution is -2.03. The lowest BCUT2D eigenvalue weighted by molar-refractivity contribution is 0.102. The number of hydrogen-bond acceptors (Lipinski definition) is 4. The van der Waals surface area contributed by atoms with Gasteiger partial charge >= 0.3 is 0 Å². The van der Waals surface area contributed by atoms with Gasteiger partial charge in [0.05, 0.1) is 5.75 Å². The minimum Gasteiger partial charge on any atom is -0.293 e. The third-order valence-electron chi connectivity index (χ3n) is 3.61. The van der Waals surface area contributed by atoms with E-state index in [1.165, 1.54) is 11.8 Å². The summed E-state index contributed by atoms with van der Waals surface area (Å²) in [6.07, 6.45) is 0. The topological polar surface area (TPSA) is 42.9 Å². The summed E-state index contributed by atoms with van der Waals surface area (Å²) < 4.78 is 0. The molecule has 0 N–H and O–H groups in total. The Kier molecular flexibility index (Phi) is 5.06. The van der Waals surface area contributed by atoms with Gasteiger partial charge in [-0.2, -0.15) is 0 Å². The van der Waals surface area contributed by atoms with Crippen LogP contribution in [0, 0.1) is 13.8 Å². The van der Waals surface area contributed by atoms with E-state index in [-0.39, 0.29) is 5.78 Å². The molecular formula is C20H18N2OS. The van der Waals surface area contributed by atoms with E-state index in [0.29, 0.717) is 16.5 Å². The molecule has 0 saturated heterocycles. The molecule has 0 radical (unpaired) electrons. The standard InChI is InChI=1S/C20H18N2OS/c1-14-12-15(2)22-20(21-14)24-13-19(23)18-10-8-17(9-11-18)16-6-4-3-5-7-16/h3-12H,13H2,1-2H3. The van der Waals surface area contributed by atoms with Crippen LogP contribution < -0.4 is 0 Å². The lowest BCUT2D eigenvalue weighted by Gasteiger charge is -2.05. The summed E-state index contributed by atoms with van der Waals surface area (Å²) in [5.74, 6) is 0.426. The SMILES string of the molecule is Cc1cc(C)nc(SCC(=O)c2ccc(-c3ccccc3)cc2)n1. The number of rotatable bonds is 5. The zero-order valence-electron chi connectivity index (χ0n) is 13.7. The molecule has 3 nitrogen and oxygen atoms in total. The van der Waals surface area contributed by atoms with Crippen molar-refractivity contribution < 1.29 is 4.79 Å².